The van der Waals surface area contributed by atoms with E-state index in [-0.39, 0.29) is 6.04 Å². The van der Waals surface area contributed by atoms with E-state index >= 15 is 0 Å². The minimum atomic E-state index is -4.01. The minimum Gasteiger partial charge on any atom is -0.314 e. The van der Waals surface area contributed by atoms with Gasteiger partial charge in [-0.25, -0.2) is 0 Å². The first-order chi connectivity index (χ1) is 8.52. The Hall–Kier alpha value is -0.290. The lowest BCUT2D eigenvalue weighted by molar-refractivity contribution is -0.187. The van der Waals surface area contributed by atoms with Gasteiger partial charge in [0, 0.05) is 25.2 Å². The number of halogens is 3. The number of nitrogens with zero attached hydrogens (tertiary/aromatic N) is 1. The van der Waals surface area contributed by atoms with Crippen molar-refractivity contribution in [3.8, 4) is 0 Å². The van der Waals surface area contributed by atoms with Crippen molar-refractivity contribution in [2.24, 2.45) is 5.92 Å². The summed E-state index contributed by atoms with van der Waals surface area (Å²) in [4.78, 5) is 2.33. The molecule has 2 nitrogen and oxygen atoms in total. The summed E-state index contributed by atoms with van der Waals surface area (Å²) < 4.78 is 38.5. The highest BCUT2D eigenvalue weighted by molar-refractivity contribution is 4.91. The van der Waals surface area contributed by atoms with Crippen molar-refractivity contribution in [1.29, 1.82) is 0 Å². The molecule has 2 unspecified atom stereocenters. The maximum absolute atomic E-state index is 12.8. The van der Waals surface area contributed by atoms with Gasteiger partial charge in [0.15, 0.2) is 0 Å². The maximum atomic E-state index is 12.8. The van der Waals surface area contributed by atoms with Crippen molar-refractivity contribution in [3.05, 3.63) is 0 Å². The zero-order valence-electron chi connectivity index (χ0n) is 11.0. The molecule has 0 spiro atoms. The third-order valence-electron chi connectivity index (χ3n) is 4.29. The standard InChI is InChI=1S/C13H23F3N2/c1-2-6-18(12-8-17-9-12)11-5-3-4-10(7-11)13(14,15)16/h10-12,17H,2-9H2,1H3. The summed E-state index contributed by atoms with van der Waals surface area (Å²) in [6.45, 7) is 4.91. The monoisotopic (exact) mass is 264 g/mol. The number of hydrogen-bond donors (Lipinski definition) is 1. The van der Waals surface area contributed by atoms with Crippen LogP contribution in [0.15, 0.2) is 0 Å². The Morgan fingerprint density at radius 2 is 1.89 bits per heavy atom. The van der Waals surface area contributed by atoms with Crippen LogP contribution in [0.1, 0.15) is 39.0 Å². The Balaban J connectivity index is 1.96. The Morgan fingerprint density at radius 3 is 2.39 bits per heavy atom. The first-order valence-corrected chi connectivity index (χ1v) is 7.05. The van der Waals surface area contributed by atoms with Gasteiger partial charge in [-0.05, 0) is 32.2 Å². The van der Waals surface area contributed by atoms with E-state index in [0.717, 1.165) is 38.9 Å². The maximum Gasteiger partial charge on any atom is 0.391 e. The van der Waals surface area contributed by atoms with Crippen LogP contribution in [0.25, 0.3) is 0 Å². The molecule has 2 rings (SSSR count). The van der Waals surface area contributed by atoms with E-state index in [1.165, 1.54) is 0 Å². The number of hydrogen-bond acceptors (Lipinski definition) is 2. The second kappa shape index (κ2) is 5.78. The van der Waals surface area contributed by atoms with Gasteiger partial charge in [0.25, 0.3) is 0 Å². The lowest BCUT2D eigenvalue weighted by Gasteiger charge is -2.45. The molecule has 0 bridgehead atoms. The molecule has 0 aromatic rings. The third-order valence-corrected chi connectivity index (χ3v) is 4.29. The Kier molecular flexibility index (Phi) is 4.54. The summed E-state index contributed by atoms with van der Waals surface area (Å²) in [6.07, 6.45) is -0.709. The van der Waals surface area contributed by atoms with Crippen molar-refractivity contribution in [3.63, 3.8) is 0 Å². The second-order valence-electron chi connectivity index (χ2n) is 5.61. The summed E-state index contributed by atoms with van der Waals surface area (Å²) in [5.41, 5.74) is 0. The molecule has 0 radical (unpaired) electrons. The largest absolute Gasteiger partial charge is 0.391 e. The quantitative estimate of drug-likeness (QED) is 0.840. The number of rotatable bonds is 4. The van der Waals surface area contributed by atoms with Crippen LogP contribution in [0.5, 0.6) is 0 Å². The summed E-state index contributed by atoms with van der Waals surface area (Å²) in [5, 5.41) is 3.22. The first kappa shape index (κ1) is 14.1. The molecular weight excluding hydrogens is 241 g/mol. The van der Waals surface area contributed by atoms with Crippen LogP contribution in [0.4, 0.5) is 13.2 Å². The van der Waals surface area contributed by atoms with E-state index in [0.29, 0.717) is 18.9 Å². The SMILES string of the molecule is CCCN(C1CNC1)C1CCCC(C(F)(F)F)C1. The Bertz CT molecular complexity index is 263. The molecule has 2 fully saturated rings. The fraction of sp³-hybridized carbons (Fsp3) is 1.00. The van der Waals surface area contributed by atoms with Gasteiger partial charge < -0.3 is 5.32 Å². The fourth-order valence-corrected chi connectivity index (χ4v) is 3.19. The van der Waals surface area contributed by atoms with Crippen molar-refractivity contribution >= 4 is 0 Å². The van der Waals surface area contributed by atoms with Gasteiger partial charge in [-0.2, -0.15) is 13.2 Å². The highest BCUT2D eigenvalue weighted by Gasteiger charge is 2.44. The molecule has 5 heteroatoms. The van der Waals surface area contributed by atoms with Crippen LogP contribution >= 0.6 is 0 Å². The van der Waals surface area contributed by atoms with Crippen molar-refractivity contribution in [2.75, 3.05) is 19.6 Å². The fourth-order valence-electron chi connectivity index (χ4n) is 3.19. The molecule has 1 aliphatic heterocycles. The molecule has 106 valence electrons. The molecule has 1 N–H and O–H groups in total. The first-order valence-electron chi connectivity index (χ1n) is 7.05. The van der Waals surface area contributed by atoms with E-state index < -0.39 is 12.1 Å². The molecule has 1 saturated carbocycles. The van der Waals surface area contributed by atoms with Crippen LogP contribution in [0, 0.1) is 5.92 Å². The van der Waals surface area contributed by atoms with Crippen molar-refractivity contribution in [2.45, 2.75) is 57.3 Å². The molecule has 1 aliphatic carbocycles. The zero-order valence-corrected chi connectivity index (χ0v) is 11.0. The molecule has 2 aliphatic rings. The van der Waals surface area contributed by atoms with Gasteiger partial charge in [0.05, 0.1) is 5.92 Å². The van der Waals surface area contributed by atoms with Gasteiger partial charge in [-0.15, -0.1) is 0 Å². The van der Waals surface area contributed by atoms with Gasteiger partial charge in [0.1, 0.15) is 0 Å². The highest BCUT2D eigenvalue weighted by Crippen LogP contribution is 2.39. The van der Waals surface area contributed by atoms with Crippen LogP contribution < -0.4 is 5.32 Å². The van der Waals surface area contributed by atoms with E-state index in [4.69, 9.17) is 0 Å². The van der Waals surface area contributed by atoms with Gasteiger partial charge in [-0.1, -0.05) is 13.3 Å². The van der Waals surface area contributed by atoms with E-state index in [1.54, 1.807) is 0 Å². The summed E-state index contributed by atoms with van der Waals surface area (Å²) in [5.74, 6) is -1.08. The van der Waals surface area contributed by atoms with E-state index in [9.17, 15) is 13.2 Å². The third kappa shape index (κ3) is 3.18. The van der Waals surface area contributed by atoms with Crippen LogP contribution in [0.2, 0.25) is 0 Å². The molecule has 1 heterocycles. The zero-order chi connectivity index (χ0) is 13.2. The van der Waals surface area contributed by atoms with Gasteiger partial charge >= 0.3 is 6.18 Å². The second-order valence-corrected chi connectivity index (χ2v) is 5.61. The predicted molar refractivity (Wildman–Crippen MR) is 65.5 cm³/mol. The highest BCUT2D eigenvalue weighted by atomic mass is 19.4. The molecule has 0 aromatic carbocycles. The Labute approximate surface area is 107 Å². The summed E-state index contributed by atoms with van der Waals surface area (Å²) in [7, 11) is 0. The Morgan fingerprint density at radius 1 is 1.17 bits per heavy atom. The van der Waals surface area contributed by atoms with Gasteiger partial charge in [-0.3, -0.25) is 4.90 Å². The van der Waals surface area contributed by atoms with Crippen LogP contribution in [-0.4, -0.2) is 42.8 Å². The summed E-state index contributed by atoms with van der Waals surface area (Å²) in [6, 6.07) is 0.597. The topological polar surface area (TPSA) is 15.3 Å². The average Bonchev–Trinajstić information content (AvgIpc) is 2.25. The normalized spacial score (nSPS) is 30.5. The molecule has 0 aromatic heterocycles. The van der Waals surface area contributed by atoms with Crippen molar-refractivity contribution in [1.82, 2.24) is 10.2 Å². The predicted octanol–water partition coefficient (Wildman–Crippen LogP) is 2.79. The van der Waals surface area contributed by atoms with Gasteiger partial charge in [0.2, 0.25) is 0 Å². The lowest BCUT2D eigenvalue weighted by atomic mass is 9.83. The molecule has 18 heavy (non-hydrogen) atoms. The number of alkyl halides is 3. The van der Waals surface area contributed by atoms with Crippen LogP contribution in [0.3, 0.4) is 0 Å². The summed E-state index contributed by atoms with van der Waals surface area (Å²) >= 11 is 0. The van der Waals surface area contributed by atoms with Crippen molar-refractivity contribution < 1.29 is 13.2 Å². The molecular formula is C13H23F3N2. The van der Waals surface area contributed by atoms with E-state index in [1.807, 2.05) is 0 Å². The average molecular weight is 264 g/mol. The van der Waals surface area contributed by atoms with E-state index in [2.05, 4.69) is 17.1 Å². The lowest BCUT2D eigenvalue weighted by Crippen LogP contribution is -2.60. The molecule has 1 saturated heterocycles. The van der Waals surface area contributed by atoms with Crippen LogP contribution in [-0.2, 0) is 0 Å². The molecule has 2 atom stereocenters. The molecule has 0 amide bonds. The smallest absolute Gasteiger partial charge is 0.314 e. The number of nitrogens with one attached hydrogen (secondary N) is 1. The minimum absolute atomic E-state index is 0.137.